The first-order chi connectivity index (χ1) is 18.7. The number of carbonyl (C=O) groups excluding carboxylic acids is 2. The van der Waals surface area contributed by atoms with Crippen LogP contribution in [0.15, 0.2) is 17.1 Å². The summed E-state index contributed by atoms with van der Waals surface area (Å²) < 4.78 is 11.1. The third-order valence-electron chi connectivity index (χ3n) is 13.2. The molecule has 0 spiro atoms. The van der Waals surface area contributed by atoms with E-state index >= 15 is 0 Å². The zero-order valence-electron chi connectivity index (χ0n) is 27.2. The molecule has 5 heteroatoms. The zero-order valence-corrected chi connectivity index (χ0v) is 27.2. The minimum atomic E-state index is -0.469. The minimum absolute atomic E-state index is 0.0125. The van der Waals surface area contributed by atoms with E-state index in [2.05, 4.69) is 53.1 Å². The monoisotopic (exact) mass is 555 g/mol. The maximum absolute atomic E-state index is 12.4. The first-order valence-corrected chi connectivity index (χ1v) is 16.2. The average Bonchev–Trinajstić information content (AvgIpc) is 3.25. The van der Waals surface area contributed by atoms with Gasteiger partial charge in [-0.1, -0.05) is 60.6 Å². The zero-order chi connectivity index (χ0) is 29.8. The van der Waals surface area contributed by atoms with Gasteiger partial charge < -0.3 is 9.47 Å². The van der Waals surface area contributed by atoms with Gasteiger partial charge in [0.15, 0.2) is 0 Å². The van der Waals surface area contributed by atoms with Gasteiger partial charge in [0.2, 0.25) is 0 Å². The molecule has 0 aromatic rings. The molecule has 5 rings (SSSR count). The number of allylic oxidation sites excluding steroid dienone is 1. The van der Waals surface area contributed by atoms with Crippen molar-refractivity contribution >= 4 is 17.8 Å². The molecule has 0 heterocycles. The summed E-state index contributed by atoms with van der Waals surface area (Å²) in [6.45, 7) is 24.4. The van der Waals surface area contributed by atoms with Crippen molar-refractivity contribution in [3.8, 4) is 0 Å². The Morgan fingerprint density at radius 2 is 1.45 bits per heavy atom. The number of hydrogen-bond acceptors (Lipinski definition) is 4. The molecule has 0 saturated heterocycles. The van der Waals surface area contributed by atoms with Crippen molar-refractivity contribution in [2.24, 2.45) is 62.2 Å². The van der Waals surface area contributed by atoms with E-state index in [-0.39, 0.29) is 33.7 Å². The summed E-state index contributed by atoms with van der Waals surface area (Å²) in [7, 11) is 1.41. The van der Waals surface area contributed by atoms with E-state index in [0.29, 0.717) is 35.5 Å². The third kappa shape index (κ3) is 4.60. The number of aliphatic imine (C=N–C) groups is 1. The van der Waals surface area contributed by atoms with Gasteiger partial charge in [0.05, 0.1) is 7.11 Å². The molecule has 5 aliphatic carbocycles. The van der Waals surface area contributed by atoms with Crippen LogP contribution in [0, 0.1) is 57.2 Å². The predicted molar refractivity (Wildman–Crippen MR) is 162 cm³/mol. The Labute approximate surface area is 244 Å². The van der Waals surface area contributed by atoms with Crippen LogP contribution in [0.4, 0.5) is 4.79 Å². The first-order valence-electron chi connectivity index (χ1n) is 16.2. The second kappa shape index (κ2) is 10.9. The first kappa shape index (κ1) is 31.3. The summed E-state index contributed by atoms with van der Waals surface area (Å²) in [4.78, 5) is 28.9. The number of carbonyl (C=O) groups is 2. The Kier molecular flexibility index (Phi) is 8.51. The molecule has 0 radical (unpaired) electrons. The van der Waals surface area contributed by atoms with Gasteiger partial charge >= 0.3 is 12.1 Å². The molecule has 5 aliphatic rings. The topological polar surface area (TPSA) is 65.0 Å². The van der Waals surface area contributed by atoms with E-state index in [0.717, 1.165) is 37.8 Å². The van der Waals surface area contributed by atoms with Gasteiger partial charge in [0, 0.05) is 23.5 Å². The lowest BCUT2D eigenvalue weighted by molar-refractivity contribution is -0.215. The Hall–Kier alpha value is -1.65. The van der Waals surface area contributed by atoms with Gasteiger partial charge in [-0.2, -0.15) is 4.99 Å². The fourth-order valence-electron chi connectivity index (χ4n) is 11.5. The number of ether oxygens (including phenoxy) is 2. The molecular weight excluding hydrogens is 498 g/mol. The summed E-state index contributed by atoms with van der Waals surface area (Å²) in [5, 5.41) is 0. The van der Waals surface area contributed by atoms with Crippen LogP contribution in [0.2, 0.25) is 0 Å². The van der Waals surface area contributed by atoms with Gasteiger partial charge in [0.25, 0.3) is 0 Å². The summed E-state index contributed by atoms with van der Waals surface area (Å²) in [5.41, 5.74) is 2.63. The van der Waals surface area contributed by atoms with Crippen molar-refractivity contribution in [2.75, 3.05) is 7.11 Å². The number of esters is 1. The summed E-state index contributed by atoms with van der Waals surface area (Å²) in [6.07, 6.45) is 9.69. The maximum Gasteiger partial charge on any atom is 0.433 e. The molecular formula is C35H57NO4. The van der Waals surface area contributed by atoms with Crippen LogP contribution in [0.1, 0.15) is 120 Å². The average molecular weight is 556 g/mol. The van der Waals surface area contributed by atoms with E-state index in [1.165, 1.54) is 38.4 Å². The van der Waals surface area contributed by atoms with Gasteiger partial charge in [-0.05, 0) is 111 Å². The molecule has 0 aliphatic heterocycles. The van der Waals surface area contributed by atoms with Crippen molar-refractivity contribution in [1.29, 1.82) is 0 Å². The van der Waals surface area contributed by atoms with E-state index in [1.54, 1.807) is 6.92 Å². The minimum Gasteiger partial charge on any atom is -0.462 e. The van der Waals surface area contributed by atoms with Crippen LogP contribution in [-0.2, 0) is 14.3 Å². The number of hydrogen-bond donors (Lipinski definition) is 0. The second-order valence-electron chi connectivity index (χ2n) is 15.1. The number of amides is 1. The number of methoxy groups -OCH3 is 1. The summed E-state index contributed by atoms with van der Waals surface area (Å²) >= 11 is 0. The van der Waals surface area contributed by atoms with E-state index in [1.807, 2.05) is 13.8 Å². The molecule has 5 unspecified atom stereocenters. The lowest BCUT2D eigenvalue weighted by atomic mass is 9.36. The van der Waals surface area contributed by atoms with Crippen molar-refractivity contribution in [3.05, 3.63) is 12.2 Å². The molecule has 0 N–H and O–H groups in total. The Bertz CT molecular complexity index is 1050. The van der Waals surface area contributed by atoms with Gasteiger partial charge in [-0.15, -0.1) is 0 Å². The quantitative estimate of drug-likeness (QED) is 0.252. The van der Waals surface area contributed by atoms with Crippen molar-refractivity contribution in [3.63, 3.8) is 0 Å². The molecule has 1 amide bonds. The lowest BCUT2D eigenvalue weighted by Crippen LogP contribution is -2.64. The van der Waals surface area contributed by atoms with Crippen molar-refractivity contribution < 1.29 is 19.1 Å². The van der Waals surface area contributed by atoms with Gasteiger partial charge in [-0.3, -0.25) is 4.79 Å². The van der Waals surface area contributed by atoms with Crippen LogP contribution < -0.4 is 0 Å². The normalized spacial score (nSPS) is 46.0. The van der Waals surface area contributed by atoms with E-state index < -0.39 is 6.09 Å². The molecule has 226 valence electrons. The highest BCUT2D eigenvalue weighted by Gasteiger charge is 2.68. The van der Waals surface area contributed by atoms with Crippen LogP contribution in [-0.4, -0.2) is 31.0 Å². The summed E-state index contributed by atoms with van der Waals surface area (Å²) in [5.74, 6) is 3.36. The fourth-order valence-corrected chi connectivity index (χ4v) is 11.5. The largest absolute Gasteiger partial charge is 0.462 e. The summed E-state index contributed by atoms with van der Waals surface area (Å²) in [6, 6.07) is 0. The van der Waals surface area contributed by atoms with Crippen LogP contribution in [0.3, 0.4) is 0 Å². The highest BCUT2D eigenvalue weighted by atomic mass is 16.5. The Morgan fingerprint density at radius 1 is 0.850 bits per heavy atom. The molecule has 5 nitrogen and oxygen atoms in total. The van der Waals surface area contributed by atoms with Crippen molar-refractivity contribution in [1.82, 2.24) is 0 Å². The fraction of sp³-hybridized carbons (Fsp3) is 0.857. The standard InChI is InChI=1S/C33H51NO4.C2H6/c1-19(2)21-14-16-32(7)27(38-20(3)35)18-33(8)23-12-13-25-30(4,5)26(34-29(36)37-9)15-17-31(25,6)22(23)10-11-24(33)28(21)32;1-2/h21-25,27-28H,1,10-18H2,2-9H3;1-2H3/b34-26+;/t21-,22?,23?,24?,25?,27-,28?,31+,32+,33-;/m0./s1. The van der Waals surface area contributed by atoms with Gasteiger partial charge in [-0.25, -0.2) is 4.79 Å². The second-order valence-corrected chi connectivity index (χ2v) is 15.1. The molecule has 0 aromatic carbocycles. The highest BCUT2D eigenvalue weighted by molar-refractivity contribution is 5.97. The SMILES string of the molecule is C=C(C)[C@@H]1CC[C@@]2(C)C1C1CCC3C(CCC4C(C)(C)/C(=N/C(=O)OC)CC[C@]34C)[C@]1(C)C[C@@H]2OC(C)=O.CC. The van der Waals surface area contributed by atoms with E-state index in [9.17, 15) is 9.59 Å². The molecule has 5 fully saturated rings. The molecule has 0 aromatic heterocycles. The van der Waals surface area contributed by atoms with Crippen LogP contribution >= 0.6 is 0 Å². The highest BCUT2D eigenvalue weighted by Crippen LogP contribution is 2.73. The third-order valence-corrected chi connectivity index (χ3v) is 13.2. The molecule has 10 atom stereocenters. The Balaban J connectivity index is 0.00000181. The Morgan fingerprint density at radius 3 is 2.05 bits per heavy atom. The van der Waals surface area contributed by atoms with Gasteiger partial charge in [0.1, 0.15) is 6.10 Å². The molecule has 5 saturated carbocycles. The number of rotatable bonds is 2. The molecule has 40 heavy (non-hydrogen) atoms. The number of nitrogens with zero attached hydrogens (tertiary/aromatic N) is 1. The van der Waals surface area contributed by atoms with Crippen molar-refractivity contribution in [2.45, 2.75) is 126 Å². The number of fused-ring (bicyclic) bond motifs is 7. The maximum atomic E-state index is 12.4. The smallest absolute Gasteiger partial charge is 0.433 e. The predicted octanol–water partition coefficient (Wildman–Crippen LogP) is 9.05. The molecule has 0 bridgehead atoms. The lowest BCUT2D eigenvalue weighted by Gasteiger charge is -2.68. The van der Waals surface area contributed by atoms with Crippen LogP contribution in [0.5, 0.6) is 0 Å². The van der Waals surface area contributed by atoms with Crippen LogP contribution in [0.25, 0.3) is 0 Å². The van der Waals surface area contributed by atoms with E-state index in [4.69, 9.17) is 9.47 Å².